The van der Waals surface area contributed by atoms with E-state index in [0.717, 1.165) is 0 Å². The zero-order valence-electron chi connectivity index (χ0n) is 15.0. The number of nitrogens with zero attached hydrogens (tertiary/aromatic N) is 1. The summed E-state index contributed by atoms with van der Waals surface area (Å²) in [6, 6.07) is 12.0. The van der Waals surface area contributed by atoms with Crippen LogP contribution in [0.5, 0.6) is 0 Å². The fourth-order valence-corrected chi connectivity index (χ4v) is 3.38. The number of halogens is 2. The highest BCUT2D eigenvalue weighted by Gasteiger charge is 2.37. The SMILES string of the molecule is COC(=O)C1=C(C)N(Cc2ccccc2F)C(=O)C[C@H]1c1cccc(F)c1. The molecule has 0 saturated heterocycles. The molecule has 1 atom stereocenters. The highest BCUT2D eigenvalue weighted by Crippen LogP contribution is 2.37. The van der Waals surface area contributed by atoms with Gasteiger partial charge < -0.3 is 9.64 Å². The minimum Gasteiger partial charge on any atom is -0.466 e. The molecule has 6 heteroatoms. The van der Waals surface area contributed by atoms with E-state index in [2.05, 4.69) is 0 Å². The molecular weight excluding hydrogens is 352 g/mol. The zero-order chi connectivity index (χ0) is 19.6. The summed E-state index contributed by atoms with van der Waals surface area (Å²) in [6.07, 6.45) is -0.0281. The van der Waals surface area contributed by atoms with E-state index in [9.17, 15) is 18.4 Å². The van der Waals surface area contributed by atoms with Crippen molar-refractivity contribution in [1.29, 1.82) is 0 Å². The van der Waals surface area contributed by atoms with Gasteiger partial charge in [-0.2, -0.15) is 0 Å². The molecule has 1 aliphatic rings. The Morgan fingerprint density at radius 2 is 1.93 bits per heavy atom. The van der Waals surface area contributed by atoms with Gasteiger partial charge >= 0.3 is 5.97 Å². The van der Waals surface area contributed by atoms with E-state index in [1.165, 1.54) is 36.3 Å². The lowest BCUT2D eigenvalue weighted by Crippen LogP contribution is -2.38. The van der Waals surface area contributed by atoms with Crippen molar-refractivity contribution in [3.05, 3.63) is 82.6 Å². The molecule has 1 amide bonds. The summed E-state index contributed by atoms with van der Waals surface area (Å²) < 4.78 is 32.6. The Labute approximate surface area is 156 Å². The molecule has 1 heterocycles. The van der Waals surface area contributed by atoms with Crippen molar-refractivity contribution in [2.24, 2.45) is 0 Å². The van der Waals surface area contributed by atoms with Crippen LogP contribution < -0.4 is 0 Å². The van der Waals surface area contributed by atoms with Gasteiger partial charge in [0, 0.05) is 23.6 Å². The van der Waals surface area contributed by atoms with Gasteiger partial charge in [0.05, 0.1) is 19.2 Å². The predicted octanol–water partition coefficient (Wildman–Crippen LogP) is 3.93. The van der Waals surface area contributed by atoms with E-state index in [0.29, 0.717) is 16.8 Å². The Kier molecular flexibility index (Phi) is 5.35. The predicted molar refractivity (Wildman–Crippen MR) is 95.4 cm³/mol. The molecule has 27 heavy (non-hydrogen) atoms. The number of carbonyl (C=O) groups is 2. The van der Waals surface area contributed by atoms with Crippen LogP contribution in [0.15, 0.2) is 59.8 Å². The summed E-state index contributed by atoms with van der Waals surface area (Å²) in [7, 11) is 1.25. The number of esters is 1. The fraction of sp³-hybridized carbons (Fsp3) is 0.238. The number of hydrogen-bond acceptors (Lipinski definition) is 3. The van der Waals surface area contributed by atoms with E-state index >= 15 is 0 Å². The molecule has 1 aliphatic heterocycles. The van der Waals surface area contributed by atoms with Gasteiger partial charge in [-0.1, -0.05) is 30.3 Å². The standard InChI is InChI=1S/C21H19F2NO3/c1-13-20(21(26)27-2)17(14-7-5-8-16(22)10-14)11-19(25)24(13)12-15-6-3-4-9-18(15)23/h3-10,17H,11-12H2,1-2H3/t17-/m0/s1. The summed E-state index contributed by atoms with van der Waals surface area (Å²) in [4.78, 5) is 26.6. The molecule has 4 nitrogen and oxygen atoms in total. The molecule has 0 fully saturated rings. The molecule has 0 unspecified atom stereocenters. The van der Waals surface area contributed by atoms with Gasteiger partial charge in [-0.25, -0.2) is 13.6 Å². The largest absolute Gasteiger partial charge is 0.466 e. The van der Waals surface area contributed by atoms with Crippen LogP contribution in [0.4, 0.5) is 8.78 Å². The topological polar surface area (TPSA) is 46.6 Å². The third kappa shape index (κ3) is 3.74. The smallest absolute Gasteiger partial charge is 0.336 e. The molecule has 0 spiro atoms. The van der Waals surface area contributed by atoms with Crippen LogP contribution in [0.2, 0.25) is 0 Å². The first-order valence-corrected chi connectivity index (χ1v) is 8.50. The number of benzene rings is 2. The molecule has 0 aromatic heterocycles. The van der Waals surface area contributed by atoms with E-state index in [-0.39, 0.29) is 24.4 Å². The minimum absolute atomic E-state index is 0.00764. The number of allylic oxidation sites excluding steroid dienone is 1. The molecule has 0 bridgehead atoms. The molecule has 0 saturated carbocycles. The molecule has 0 radical (unpaired) electrons. The van der Waals surface area contributed by atoms with Gasteiger partial charge in [-0.15, -0.1) is 0 Å². The molecule has 140 valence electrons. The lowest BCUT2D eigenvalue weighted by Gasteiger charge is -2.34. The van der Waals surface area contributed by atoms with Crippen LogP contribution in [0.25, 0.3) is 0 Å². The van der Waals surface area contributed by atoms with Crippen molar-refractivity contribution in [2.45, 2.75) is 25.8 Å². The second-order valence-corrected chi connectivity index (χ2v) is 6.37. The zero-order valence-corrected chi connectivity index (χ0v) is 15.0. The maximum absolute atomic E-state index is 14.0. The average Bonchev–Trinajstić information content (AvgIpc) is 2.65. The Morgan fingerprint density at radius 1 is 1.19 bits per heavy atom. The molecule has 2 aromatic rings. The van der Waals surface area contributed by atoms with E-state index in [4.69, 9.17) is 4.74 Å². The molecule has 0 N–H and O–H groups in total. The number of hydrogen-bond donors (Lipinski definition) is 0. The Bertz CT molecular complexity index is 923. The Morgan fingerprint density at radius 3 is 2.59 bits per heavy atom. The van der Waals surface area contributed by atoms with Gasteiger partial charge in [0.2, 0.25) is 5.91 Å². The monoisotopic (exact) mass is 371 g/mol. The molecule has 2 aromatic carbocycles. The van der Waals surface area contributed by atoms with Crippen LogP contribution >= 0.6 is 0 Å². The second kappa shape index (κ2) is 7.70. The summed E-state index contributed by atoms with van der Waals surface area (Å²) in [5, 5.41) is 0. The molecular formula is C21H19F2NO3. The number of rotatable bonds is 4. The van der Waals surface area contributed by atoms with Gasteiger partial charge in [-0.3, -0.25) is 4.79 Å². The number of amides is 1. The van der Waals surface area contributed by atoms with Gasteiger partial charge in [0.25, 0.3) is 0 Å². The average molecular weight is 371 g/mol. The maximum Gasteiger partial charge on any atom is 0.336 e. The van der Waals surface area contributed by atoms with Crippen LogP contribution in [-0.4, -0.2) is 23.9 Å². The first kappa shape index (κ1) is 18.8. The summed E-state index contributed by atoms with van der Waals surface area (Å²) in [6.45, 7) is 1.63. The molecule has 3 rings (SSSR count). The minimum atomic E-state index is -0.613. The number of carbonyl (C=O) groups excluding carboxylic acids is 2. The van der Waals surface area contributed by atoms with Crippen molar-refractivity contribution in [3.63, 3.8) is 0 Å². The van der Waals surface area contributed by atoms with Gasteiger partial charge in [0.1, 0.15) is 11.6 Å². The first-order chi connectivity index (χ1) is 12.9. The van der Waals surface area contributed by atoms with Crippen molar-refractivity contribution in [3.8, 4) is 0 Å². The van der Waals surface area contributed by atoms with Gasteiger partial charge in [-0.05, 0) is 30.7 Å². The highest BCUT2D eigenvalue weighted by atomic mass is 19.1. The van der Waals surface area contributed by atoms with Crippen molar-refractivity contribution in [1.82, 2.24) is 4.90 Å². The van der Waals surface area contributed by atoms with Crippen molar-refractivity contribution < 1.29 is 23.1 Å². The Balaban J connectivity index is 2.05. The summed E-state index contributed by atoms with van der Waals surface area (Å²) >= 11 is 0. The third-order valence-electron chi connectivity index (χ3n) is 4.77. The molecule has 0 aliphatic carbocycles. The number of ether oxygens (including phenoxy) is 1. The summed E-state index contributed by atoms with van der Waals surface area (Å²) in [5.41, 5.74) is 1.53. The van der Waals surface area contributed by atoms with Crippen LogP contribution in [0.3, 0.4) is 0 Å². The summed E-state index contributed by atoms with van der Waals surface area (Å²) in [5.74, 6) is -2.34. The van der Waals surface area contributed by atoms with E-state index in [1.54, 1.807) is 31.2 Å². The normalized spacial score (nSPS) is 17.3. The second-order valence-electron chi connectivity index (χ2n) is 6.37. The quantitative estimate of drug-likeness (QED) is 0.765. The van der Waals surface area contributed by atoms with E-state index < -0.39 is 23.5 Å². The highest BCUT2D eigenvalue weighted by molar-refractivity contribution is 5.95. The lowest BCUT2D eigenvalue weighted by molar-refractivity contribution is -0.138. The lowest BCUT2D eigenvalue weighted by atomic mass is 9.83. The van der Waals surface area contributed by atoms with E-state index in [1.807, 2.05) is 0 Å². The third-order valence-corrected chi connectivity index (χ3v) is 4.77. The Hall–Kier alpha value is -3.02. The first-order valence-electron chi connectivity index (χ1n) is 8.50. The maximum atomic E-state index is 14.0. The van der Waals surface area contributed by atoms with Crippen molar-refractivity contribution in [2.75, 3.05) is 7.11 Å². The fourth-order valence-electron chi connectivity index (χ4n) is 3.38. The van der Waals surface area contributed by atoms with Crippen LogP contribution in [0, 0.1) is 11.6 Å². The van der Waals surface area contributed by atoms with Crippen LogP contribution in [-0.2, 0) is 20.9 Å². The van der Waals surface area contributed by atoms with Gasteiger partial charge in [0.15, 0.2) is 0 Å². The van der Waals surface area contributed by atoms with Crippen molar-refractivity contribution >= 4 is 11.9 Å². The number of methoxy groups -OCH3 is 1. The van der Waals surface area contributed by atoms with Crippen LogP contribution in [0.1, 0.15) is 30.4 Å².